The summed E-state index contributed by atoms with van der Waals surface area (Å²) in [4.78, 5) is 12.8. The Balaban J connectivity index is 1.64. The van der Waals surface area contributed by atoms with E-state index in [-0.39, 0.29) is 0 Å². The van der Waals surface area contributed by atoms with Crippen LogP contribution in [0.25, 0.3) is 12.2 Å². The minimum atomic E-state index is -0.940. The van der Waals surface area contributed by atoms with Gasteiger partial charge in [-0.2, -0.15) is 0 Å². The molecule has 0 radical (unpaired) electrons. The molecule has 1 aliphatic heterocycles. The van der Waals surface area contributed by atoms with E-state index in [0.717, 1.165) is 32.2 Å². The van der Waals surface area contributed by atoms with Gasteiger partial charge in [-0.1, -0.05) is 61.4 Å². The second kappa shape index (κ2) is 8.38. The Hall–Kier alpha value is -2.75. The first-order chi connectivity index (χ1) is 12.3. The van der Waals surface area contributed by atoms with Gasteiger partial charge in [0.05, 0.1) is 0 Å². The van der Waals surface area contributed by atoms with E-state index in [4.69, 9.17) is 5.11 Å². The number of hydrogen-bond acceptors (Lipinski definition) is 2. The van der Waals surface area contributed by atoms with Crippen LogP contribution in [-0.4, -0.2) is 24.3 Å². The third-order valence-electron chi connectivity index (χ3n) is 4.48. The van der Waals surface area contributed by atoms with Crippen LogP contribution in [0.2, 0.25) is 0 Å². The van der Waals surface area contributed by atoms with E-state index in [1.165, 1.54) is 22.5 Å². The lowest BCUT2D eigenvalue weighted by Gasteiger charge is -2.27. The van der Waals surface area contributed by atoms with E-state index >= 15 is 0 Å². The van der Waals surface area contributed by atoms with Crippen LogP contribution in [0.4, 0.5) is 16.2 Å². The molecule has 0 saturated carbocycles. The Bertz CT molecular complexity index is 706. The fourth-order valence-electron chi connectivity index (χ4n) is 3.24. The second-order valence-corrected chi connectivity index (χ2v) is 6.25. The number of carboxylic acid groups (broad SMARTS) is 1. The SMILES string of the molecule is O=C(O)NCCCCCCN1c2ccccc2C=Cc2ccccc21. The summed E-state index contributed by atoms with van der Waals surface area (Å²) in [6.45, 7) is 1.50. The number of carbonyl (C=O) groups is 1. The number of para-hydroxylation sites is 2. The van der Waals surface area contributed by atoms with Gasteiger partial charge in [0.2, 0.25) is 0 Å². The molecule has 2 N–H and O–H groups in total. The first kappa shape index (κ1) is 17.1. The van der Waals surface area contributed by atoms with Gasteiger partial charge in [-0.3, -0.25) is 0 Å². The molecule has 25 heavy (non-hydrogen) atoms. The van der Waals surface area contributed by atoms with Crippen LogP contribution in [0.15, 0.2) is 48.5 Å². The Morgan fingerprint density at radius 1 is 0.840 bits per heavy atom. The van der Waals surface area contributed by atoms with E-state index < -0.39 is 6.09 Å². The molecule has 0 aromatic heterocycles. The number of benzene rings is 2. The van der Waals surface area contributed by atoms with E-state index in [0.29, 0.717) is 6.54 Å². The van der Waals surface area contributed by atoms with Crippen molar-refractivity contribution in [2.24, 2.45) is 0 Å². The summed E-state index contributed by atoms with van der Waals surface area (Å²) >= 11 is 0. The number of unbranched alkanes of at least 4 members (excludes halogenated alkanes) is 3. The molecule has 1 heterocycles. The molecule has 3 rings (SSSR count). The molecule has 4 heteroatoms. The van der Waals surface area contributed by atoms with Crippen molar-refractivity contribution >= 4 is 29.6 Å². The lowest BCUT2D eigenvalue weighted by molar-refractivity contribution is 0.194. The van der Waals surface area contributed by atoms with Gasteiger partial charge in [0.25, 0.3) is 0 Å². The number of fused-ring (bicyclic) bond motifs is 2. The monoisotopic (exact) mass is 336 g/mol. The maximum atomic E-state index is 10.4. The van der Waals surface area contributed by atoms with Crippen molar-refractivity contribution in [3.05, 3.63) is 59.7 Å². The molecule has 1 amide bonds. The fraction of sp³-hybridized carbons (Fsp3) is 0.286. The first-order valence-corrected chi connectivity index (χ1v) is 8.86. The average molecular weight is 336 g/mol. The van der Waals surface area contributed by atoms with Crippen LogP contribution in [0.1, 0.15) is 36.8 Å². The van der Waals surface area contributed by atoms with Gasteiger partial charge in [0, 0.05) is 24.5 Å². The van der Waals surface area contributed by atoms with Gasteiger partial charge < -0.3 is 15.3 Å². The molecule has 0 saturated heterocycles. The molecule has 0 atom stereocenters. The summed E-state index contributed by atoms with van der Waals surface area (Å²) in [5, 5.41) is 11.0. The average Bonchev–Trinajstić information content (AvgIpc) is 2.78. The maximum absolute atomic E-state index is 10.4. The van der Waals surface area contributed by atoms with Gasteiger partial charge in [0.1, 0.15) is 0 Å². The van der Waals surface area contributed by atoms with Crippen molar-refractivity contribution in [3.8, 4) is 0 Å². The van der Waals surface area contributed by atoms with Crippen molar-refractivity contribution in [1.29, 1.82) is 0 Å². The molecule has 0 fully saturated rings. The van der Waals surface area contributed by atoms with Gasteiger partial charge in [-0.15, -0.1) is 0 Å². The van der Waals surface area contributed by atoms with Crippen LogP contribution in [-0.2, 0) is 0 Å². The molecule has 2 aromatic carbocycles. The van der Waals surface area contributed by atoms with E-state index in [1.807, 2.05) is 0 Å². The van der Waals surface area contributed by atoms with Gasteiger partial charge in [-0.05, 0) is 36.1 Å². The van der Waals surface area contributed by atoms with Crippen molar-refractivity contribution in [1.82, 2.24) is 5.32 Å². The minimum absolute atomic E-state index is 0.536. The highest BCUT2D eigenvalue weighted by molar-refractivity contribution is 5.88. The fourth-order valence-corrected chi connectivity index (χ4v) is 3.24. The molecule has 0 bridgehead atoms. The standard InChI is InChI=1S/C21H24N2O2/c24-21(25)22-15-7-1-2-8-16-23-19-11-5-3-9-17(19)13-14-18-10-4-6-12-20(18)23/h3-6,9-14,22H,1-2,7-8,15-16H2,(H,24,25). The first-order valence-electron chi connectivity index (χ1n) is 8.86. The zero-order valence-corrected chi connectivity index (χ0v) is 14.3. The molecule has 0 spiro atoms. The van der Waals surface area contributed by atoms with Crippen LogP contribution < -0.4 is 10.2 Å². The second-order valence-electron chi connectivity index (χ2n) is 6.25. The van der Waals surface area contributed by atoms with Crippen molar-refractivity contribution in [3.63, 3.8) is 0 Å². The summed E-state index contributed by atoms with van der Waals surface area (Å²) in [6.07, 6.45) is 7.53. The predicted molar refractivity (Wildman–Crippen MR) is 103 cm³/mol. The van der Waals surface area contributed by atoms with E-state index in [2.05, 4.69) is 70.9 Å². The largest absolute Gasteiger partial charge is 0.465 e. The third-order valence-corrected chi connectivity index (χ3v) is 4.48. The highest BCUT2D eigenvalue weighted by Crippen LogP contribution is 2.36. The molecule has 4 nitrogen and oxygen atoms in total. The zero-order chi connectivity index (χ0) is 17.5. The summed E-state index contributed by atoms with van der Waals surface area (Å²) < 4.78 is 0. The lowest BCUT2D eigenvalue weighted by Crippen LogP contribution is -2.22. The molecule has 0 aliphatic carbocycles. The van der Waals surface area contributed by atoms with Crippen LogP contribution in [0.3, 0.4) is 0 Å². The lowest BCUT2D eigenvalue weighted by atomic mass is 10.1. The number of amides is 1. The van der Waals surface area contributed by atoms with Crippen LogP contribution >= 0.6 is 0 Å². The number of rotatable bonds is 7. The van der Waals surface area contributed by atoms with E-state index in [9.17, 15) is 4.79 Å². The van der Waals surface area contributed by atoms with Crippen molar-refractivity contribution in [2.45, 2.75) is 25.7 Å². The molecule has 2 aromatic rings. The zero-order valence-electron chi connectivity index (χ0n) is 14.3. The third kappa shape index (κ3) is 4.41. The highest BCUT2D eigenvalue weighted by atomic mass is 16.4. The smallest absolute Gasteiger partial charge is 0.404 e. The molecular weight excluding hydrogens is 312 g/mol. The van der Waals surface area contributed by atoms with Crippen molar-refractivity contribution < 1.29 is 9.90 Å². The Labute approximate surface area is 148 Å². The summed E-state index contributed by atoms with van der Waals surface area (Å²) in [6, 6.07) is 17.0. The van der Waals surface area contributed by atoms with Crippen LogP contribution in [0, 0.1) is 0 Å². The number of anilines is 2. The molecular formula is C21H24N2O2. The van der Waals surface area contributed by atoms with Gasteiger partial charge >= 0.3 is 6.09 Å². The minimum Gasteiger partial charge on any atom is -0.465 e. The summed E-state index contributed by atoms with van der Waals surface area (Å²) in [5.74, 6) is 0. The number of nitrogens with zero attached hydrogens (tertiary/aromatic N) is 1. The maximum Gasteiger partial charge on any atom is 0.404 e. The summed E-state index contributed by atoms with van der Waals surface area (Å²) in [5.41, 5.74) is 4.97. The highest BCUT2D eigenvalue weighted by Gasteiger charge is 2.16. The molecule has 130 valence electrons. The number of nitrogens with one attached hydrogen (secondary N) is 1. The number of hydrogen-bond donors (Lipinski definition) is 2. The van der Waals surface area contributed by atoms with Gasteiger partial charge in [0.15, 0.2) is 0 Å². The molecule has 0 unspecified atom stereocenters. The topological polar surface area (TPSA) is 52.6 Å². The normalized spacial score (nSPS) is 12.2. The Kier molecular flexibility index (Phi) is 5.73. The summed E-state index contributed by atoms with van der Waals surface area (Å²) in [7, 11) is 0. The quantitative estimate of drug-likeness (QED) is 0.689. The van der Waals surface area contributed by atoms with E-state index in [1.54, 1.807) is 0 Å². The Morgan fingerprint density at radius 3 is 2.00 bits per heavy atom. The Morgan fingerprint density at radius 2 is 1.40 bits per heavy atom. The van der Waals surface area contributed by atoms with Crippen LogP contribution in [0.5, 0.6) is 0 Å². The molecule has 1 aliphatic rings. The van der Waals surface area contributed by atoms with Crippen molar-refractivity contribution in [2.75, 3.05) is 18.0 Å². The predicted octanol–water partition coefficient (Wildman–Crippen LogP) is 5.14. The van der Waals surface area contributed by atoms with Gasteiger partial charge in [-0.25, -0.2) is 4.79 Å².